The first-order valence-corrected chi connectivity index (χ1v) is 5.04. The molecule has 0 radical (unpaired) electrons. The molecule has 0 heterocycles. The normalized spacial score (nSPS) is 16.5. The van der Waals surface area contributed by atoms with Crippen molar-refractivity contribution in [2.45, 2.75) is 39.0 Å². The van der Waals surface area contributed by atoms with Crippen molar-refractivity contribution in [1.29, 1.82) is 0 Å². The van der Waals surface area contributed by atoms with Gasteiger partial charge >= 0.3 is 0 Å². The molecular weight excluding hydrogens is 163 g/mol. The Morgan fingerprint density at radius 1 is 1.31 bits per heavy atom. The summed E-state index contributed by atoms with van der Waals surface area (Å²) >= 11 is 0. The highest BCUT2D eigenvalue weighted by Gasteiger charge is 1.98. The Kier molecular flexibility index (Phi) is 4.52. The highest BCUT2D eigenvalue weighted by atomic mass is 19.1. The van der Waals surface area contributed by atoms with Crippen molar-refractivity contribution in [1.82, 2.24) is 0 Å². The molecule has 72 valence electrons. The Morgan fingerprint density at radius 3 is 2.92 bits per heavy atom. The highest BCUT2D eigenvalue weighted by molar-refractivity contribution is 5.26. The first-order valence-electron chi connectivity index (χ1n) is 5.04. The van der Waals surface area contributed by atoms with Crippen molar-refractivity contribution >= 4 is 0 Å². The Bertz CT molecular complexity index is 234. The lowest BCUT2D eigenvalue weighted by molar-refractivity contribution is 0.667. The molecule has 1 rings (SSSR count). The van der Waals surface area contributed by atoms with Gasteiger partial charge in [0.15, 0.2) is 0 Å². The highest BCUT2D eigenvalue weighted by Crippen LogP contribution is 2.17. The fourth-order valence-electron chi connectivity index (χ4n) is 1.43. The van der Waals surface area contributed by atoms with Crippen LogP contribution >= 0.6 is 0 Å². The van der Waals surface area contributed by atoms with Crippen LogP contribution in [0.25, 0.3) is 0 Å². The Balaban J connectivity index is 2.38. The van der Waals surface area contributed by atoms with Crippen LogP contribution in [0.3, 0.4) is 0 Å². The number of halogens is 1. The Morgan fingerprint density at radius 2 is 2.15 bits per heavy atom. The second-order valence-corrected chi connectivity index (χ2v) is 3.44. The zero-order valence-corrected chi connectivity index (χ0v) is 8.22. The molecule has 0 aromatic heterocycles. The summed E-state index contributed by atoms with van der Waals surface area (Å²) in [5.74, 6) is -0.134. The van der Waals surface area contributed by atoms with Crippen LogP contribution in [-0.4, -0.2) is 0 Å². The summed E-state index contributed by atoms with van der Waals surface area (Å²) in [4.78, 5) is 0. The van der Waals surface area contributed by atoms with E-state index in [4.69, 9.17) is 0 Å². The van der Waals surface area contributed by atoms with Crippen molar-refractivity contribution in [2.24, 2.45) is 0 Å². The van der Waals surface area contributed by atoms with Gasteiger partial charge in [0.25, 0.3) is 0 Å². The maximum atomic E-state index is 12.7. The molecule has 0 saturated heterocycles. The molecule has 0 saturated carbocycles. The van der Waals surface area contributed by atoms with Crippen molar-refractivity contribution in [3.8, 4) is 0 Å². The second kappa shape index (κ2) is 5.74. The van der Waals surface area contributed by atoms with E-state index in [0.29, 0.717) is 0 Å². The first-order chi connectivity index (χ1) is 6.33. The van der Waals surface area contributed by atoms with Crippen molar-refractivity contribution in [3.05, 3.63) is 35.7 Å². The summed E-state index contributed by atoms with van der Waals surface area (Å²) in [6.45, 7) is 2.20. The average molecular weight is 180 g/mol. The van der Waals surface area contributed by atoms with Gasteiger partial charge in [0, 0.05) is 0 Å². The predicted octanol–water partition coefficient (Wildman–Crippen LogP) is 4.31. The minimum atomic E-state index is -0.134. The van der Waals surface area contributed by atoms with E-state index in [9.17, 15) is 4.39 Å². The lowest BCUT2D eigenvalue weighted by atomic mass is 10.0. The van der Waals surface area contributed by atoms with Gasteiger partial charge in [0.1, 0.15) is 5.83 Å². The van der Waals surface area contributed by atoms with Crippen LogP contribution in [0.15, 0.2) is 35.7 Å². The SMILES string of the molecule is CCCCCC1=CC=C(F)C=CC1. The summed E-state index contributed by atoms with van der Waals surface area (Å²) in [7, 11) is 0. The molecule has 0 amide bonds. The van der Waals surface area contributed by atoms with Gasteiger partial charge in [-0.15, -0.1) is 0 Å². The molecule has 0 unspecified atom stereocenters. The largest absolute Gasteiger partial charge is 0.207 e. The number of allylic oxidation sites excluding steroid dienone is 6. The molecule has 13 heavy (non-hydrogen) atoms. The Labute approximate surface area is 79.8 Å². The quantitative estimate of drug-likeness (QED) is 0.565. The van der Waals surface area contributed by atoms with Gasteiger partial charge in [-0.2, -0.15) is 0 Å². The van der Waals surface area contributed by atoms with Gasteiger partial charge < -0.3 is 0 Å². The van der Waals surface area contributed by atoms with Gasteiger partial charge in [0.2, 0.25) is 0 Å². The topological polar surface area (TPSA) is 0 Å². The van der Waals surface area contributed by atoms with E-state index >= 15 is 0 Å². The second-order valence-electron chi connectivity index (χ2n) is 3.44. The van der Waals surface area contributed by atoms with Crippen LogP contribution in [0, 0.1) is 0 Å². The third kappa shape index (κ3) is 4.07. The minimum Gasteiger partial charge on any atom is -0.207 e. The summed E-state index contributed by atoms with van der Waals surface area (Å²) in [5.41, 5.74) is 1.34. The molecule has 1 heteroatoms. The molecule has 0 nitrogen and oxygen atoms in total. The Hall–Kier alpha value is -0.850. The zero-order chi connectivity index (χ0) is 9.52. The predicted molar refractivity (Wildman–Crippen MR) is 55.2 cm³/mol. The lowest BCUT2D eigenvalue weighted by Crippen LogP contribution is -1.81. The number of hydrogen-bond donors (Lipinski definition) is 0. The monoisotopic (exact) mass is 180 g/mol. The average Bonchev–Trinajstić information content (AvgIpc) is 2.32. The molecule has 0 aliphatic heterocycles. The minimum absolute atomic E-state index is 0.134. The van der Waals surface area contributed by atoms with E-state index in [2.05, 4.69) is 6.92 Å². The van der Waals surface area contributed by atoms with Crippen LogP contribution in [0.4, 0.5) is 4.39 Å². The summed E-state index contributed by atoms with van der Waals surface area (Å²) in [6, 6.07) is 0. The molecule has 0 fully saturated rings. The molecular formula is C12H17F. The number of rotatable bonds is 4. The van der Waals surface area contributed by atoms with E-state index in [1.165, 1.54) is 24.8 Å². The number of hydrogen-bond acceptors (Lipinski definition) is 0. The van der Waals surface area contributed by atoms with Crippen molar-refractivity contribution in [2.75, 3.05) is 0 Å². The van der Waals surface area contributed by atoms with E-state index in [1.54, 1.807) is 12.2 Å². The van der Waals surface area contributed by atoms with Crippen LogP contribution in [0.5, 0.6) is 0 Å². The van der Waals surface area contributed by atoms with E-state index in [-0.39, 0.29) is 5.83 Å². The smallest absolute Gasteiger partial charge is 0.122 e. The maximum Gasteiger partial charge on any atom is 0.122 e. The molecule has 0 bridgehead atoms. The summed E-state index contributed by atoms with van der Waals surface area (Å²) in [6.07, 6.45) is 12.7. The molecule has 0 atom stereocenters. The third-order valence-electron chi connectivity index (χ3n) is 2.24. The van der Waals surface area contributed by atoms with E-state index < -0.39 is 0 Å². The summed E-state index contributed by atoms with van der Waals surface area (Å²) in [5, 5.41) is 0. The van der Waals surface area contributed by atoms with Crippen molar-refractivity contribution < 1.29 is 4.39 Å². The fraction of sp³-hybridized carbons (Fsp3) is 0.500. The van der Waals surface area contributed by atoms with Crippen LogP contribution in [0.2, 0.25) is 0 Å². The van der Waals surface area contributed by atoms with Crippen LogP contribution in [0.1, 0.15) is 39.0 Å². The van der Waals surface area contributed by atoms with Gasteiger partial charge in [-0.3, -0.25) is 0 Å². The first kappa shape index (κ1) is 10.2. The van der Waals surface area contributed by atoms with Crippen molar-refractivity contribution in [3.63, 3.8) is 0 Å². The molecule has 0 aromatic rings. The standard InChI is InChI=1S/C12H17F/c1-2-3-4-6-11-7-5-8-12(13)10-9-11/h5,8-10H,2-4,6-7H2,1H3. The van der Waals surface area contributed by atoms with E-state index in [1.807, 2.05) is 12.2 Å². The number of unbranched alkanes of at least 4 members (excludes halogenated alkanes) is 2. The van der Waals surface area contributed by atoms with E-state index in [0.717, 1.165) is 12.8 Å². The molecule has 0 N–H and O–H groups in total. The van der Waals surface area contributed by atoms with Crippen LogP contribution in [-0.2, 0) is 0 Å². The van der Waals surface area contributed by atoms with Gasteiger partial charge in [0.05, 0.1) is 0 Å². The van der Waals surface area contributed by atoms with Crippen LogP contribution < -0.4 is 0 Å². The molecule has 0 aromatic carbocycles. The van der Waals surface area contributed by atoms with Gasteiger partial charge in [-0.05, 0) is 31.4 Å². The lowest BCUT2D eigenvalue weighted by Gasteiger charge is -2.01. The third-order valence-corrected chi connectivity index (χ3v) is 2.24. The molecule has 0 spiro atoms. The summed E-state index contributed by atoms with van der Waals surface area (Å²) < 4.78 is 12.7. The van der Waals surface area contributed by atoms with Gasteiger partial charge in [-0.25, -0.2) is 4.39 Å². The maximum absolute atomic E-state index is 12.7. The molecule has 1 aliphatic carbocycles. The fourth-order valence-corrected chi connectivity index (χ4v) is 1.43. The zero-order valence-electron chi connectivity index (χ0n) is 8.22. The molecule has 1 aliphatic rings. The van der Waals surface area contributed by atoms with Gasteiger partial charge in [-0.1, -0.05) is 37.5 Å².